The third-order valence-electron chi connectivity index (χ3n) is 6.68. The van der Waals surface area contributed by atoms with Gasteiger partial charge in [0.15, 0.2) is 11.4 Å². The summed E-state index contributed by atoms with van der Waals surface area (Å²) in [4.78, 5) is 40.8. The van der Waals surface area contributed by atoms with E-state index in [1.165, 1.54) is 0 Å². The molecule has 8 nitrogen and oxygen atoms in total. The van der Waals surface area contributed by atoms with Crippen LogP contribution in [-0.4, -0.2) is 41.0 Å². The number of aryl methyl sites for hydroxylation is 2. The summed E-state index contributed by atoms with van der Waals surface area (Å²) < 4.78 is 13.8. The van der Waals surface area contributed by atoms with Crippen molar-refractivity contribution in [2.24, 2.45) is 0 Å². The number of benzene rings is 1. The molecule has 1 N–H and O–H groups in total. The van der Waals surface area contributed by atoms with Gasteiger partial charge >= 0.3 is 0 Å². The van der Waals surface area contributed by atoms with Crippen molar-refractivity contribution in [3.05, 3.63) is 83.2 Å². The molecule has 1 aromatic carbocycles. The van der Waals surface area contributed by atoms with E-state index in [0.29, 0.717) is 47.0 Å². The number of nitrogens with one attached hydrogen (secondary N) is 1. The maximum absolute atomic E-state index is 13.7. The molecule has 0 spiro atoms. The van der Waals surface area contributed by atoms with Crippen LogP contribution in [0.5, 0.6) is 0 Å². The van der Waals surface area contributed by atoms with Crippen molar-refractivity contribution in [3.63, 3.8) is 0 Å². The van der Waals surface area contributed by atoms with Crippen molar-refractivity contribution < 1.29 is 13.8 Å². The number of carbonyl (C=O) groups excluding carboxylic acids is 2. The Hall–Kier alpha value is -3.72. The van der Waals surface area contributed by atoms with Crippen LogP contribution in [0.2, 0.25) is 0 Å². The quantitative estimate of drug-likeness (QED) is 0.430. The van der Waals surface area contributed by atoms with Crippen molar-refractivity contribution in [2.75, 3.05) is 11.1 Å². The lowest BCUT2D eigenvalue weighted by Gasteiger charge is -2.32. The Bertz CT molecular complexity index is 1510. The van der Waals surface area contributed by atoms with Crippen LogP contribution in [0.25, 0.3) is 5.65 Å². The number of ketones is 1. The van der Waals surface area contributed by atoms with Gasteiger partial charge in [0.2, 0.25) is 5.91 Å². The number of rotatable bonds is 6. The fourth-order valence-electron chi connectivity index (χ4n) is 4.70. The highest BCUT2D eigenvalue weighted by Gasteiger charge is 2.43. The van der Waals surface area contributed by atoms with Crippen molar-refractivity contribution in [1.29, 1.82) is 0 Å². The minimum atomic E-state index is -1.02. The molecule has 1 amide bonds. The third kappa shape index (κ3) is 4.35. The average molecular weight is 502 g/mol. The van der Waals surface area contributed by atoms with Crippen LogP contribution in [-0.2, 0) is 33.9 Å². The van der Waals surface area contributed by atoms with E-state index in [1.807, 2.05) is 49.7 Å². The minimum absolute atomic E-state index is 0.0401. The van der Waals surface area contributed by atoms with Gasteiger partial charge in [-0.25, -0.2) is 9.97 Å². The van der Waals surface area contributed by atoms with Crippen LogP contribution >= 0.6 is 0 Å². The fraction of sp³-hybridized carbons (Fsp3) is 0.296. The molecular weight excluding hydrogens is 474 g/mol. The Labute approximate surface area is 211 Å². The number of imidazole rings is 1. The summed E-state index contributed by atoms with van der Waals surface area (Å²) in [6.45, 7) is 5.70. The summed E-state index contributed by atoms with van der Waals surface area (Å²) >= 11 is 0. The second-order valence-electron chi connectivity index (χ2n) is 9.24. The molecule has 3 aromatic heterocycles. The van der Waals surface area contributed by atoms with Crippen molar-refractivity contribution >= 4 is 34.0 Å². The van der Waals surface area contributed by atoms with Crippen LogP contribution in [0, 0.1) is 6.92 Å². The second kappa shape index (κ2) is 9.39. The monoisotopic (exact) mass is 501 g/mol. The Balaban J connectivity index is 1.33. The number of pyridine rings is 1. The molecule has 4 aromatic rings. The van der Waals surface area contributed by atoms with Gasteiger partial charge in [-0.1, -0.05) is 19.1 Å². The number of hydrogen-bond acceptors (Lipinski definition) is 6. The smallest absolute Gasteiger partial charge is 0.229 e. The summed E-state index contributed by atoms with van der Waals surface area (Å²) in [6.07, 6.45) is 6.77. The SMILES string of the molecule is CCS(=O)c1ccc(CC(=O)Nc2ccc3c(n2)CCC(C)(c2nc(C)cn4ccnc24)C3=O)cc1. The molecule has 0 radical (unpaired) electrons. The minimum Gasteiger partial charge on any atom is -0.310 e. The number of anilines is 1. The molecule has 9 heteroatoms. The summed E-state index contributed by atoms with van der Waals surface area (Å²) in [7, 11) is -1.02. The van der Waals surface area contributed by atoms with E-state index in [1.54, 1.807) is 30.5 Å². The van der Waals surface area contributed by atoms with Gasteiger partial charge in [-0.05, 0) is 56.5 Å². The molecule has 5 rings (SSSR count). The topological polar surface area (TPSA) is 106 Å². The molecule has 0 aliphatic heterocycles. The fourth-order valence-corrected chi connectivity index (χ4v) is 5.47. The predicted molar refractivity (Wildman–Crippen MR) is 138 cm³/mol. The molecule has 36 heavy (non-hydrogen) atoms. The van der Waals surface area contributed by atoms with Gasteiger partial charge in [0.05, 0.1) is 39.7 Å². The van der Waals surface area contributed by atoms with E-state index in [0.717, 1.165) is 16.2 Å². The molecule has 2 unspecified atom stereocenters. The lowest BCUT2D eigenvalue weighted by atomic mass is 9.71. The molecule has 0 bridgehead atoms. The van der Waals surface area contributed by atoms with Crippen LogP contribution < -0.4 is 5.32 Å². The molecule has 1 aliphatic rings. The molecule has 2 atom stereocenters. The number of amides is 1. The number of aromatic nitrogens is 4. The van der Waals surface area contributed by atoms with E-state index in [-0.39, 0.29) is 18.1 Å². The van der Waals surface area contributed by atoms with E-state index < -0.39 is 16.2 Å². The van der Waals surface area contributed by atoms with Crippen LogP contribution in [0.4, 0.5) is 5.82 Å². The van der Waals surface area contributed by atoms with Crippen molar-refractivity contribution in [3.8, 4) is 0 Å². The van der Waals surface area contributed by atoms with Crippen molar-refractivity contribution in [2.45, 2.75) is 50.3 Å². The summed E-state index contributed by atoms with van der Waals surface area (Å²) in [5.41, 5.74) is 3.41. The van der Waals surface area contributed by atoms with E-state index in [9.17, 15) is 13.8 Å². The highest BCUT2D eigenvalue weighted by atomic mass is 32.2. The lowest BCUT2D eigenvalue weighted by molar-refractivity contribution is -0.115. The first-order valence-corrected chi connectivity index (χ1v) is 13.2. The Morgan fingerprint density at radius 3 is 2.69 bits per heavy atom. The van der Waals surface area contributed by atoms with Crippen LogP contribution in [0.1, 0.15) is 53.3 Å². The van der Waals surface area contributed by atoms with Gasteiger partial charge < -0.3 is 9.72 Å². The van der Waals surface area contributed by atoms with Crippen molar-refractivity contribution in [1.82, 2.24) is 19.4 Å². The Morgan fingerprint density at radius 2 is 1.94 bits per heavy atom. The highest BCUT2D eigenvalue weighted by molar-refractivity contribution is 7.85. The van der Waals surface area contributed by atoms with Gasteiger partial charge in [0.1, 0.15) is 5.82 Å². The average Bonchev–Trinajstić information content (AvgIpc) is 3.34. The Kier molecular flexibility index (Phi) is 6.26. The number of carbonyl (C=O) groups is 2. The number of Topliss-reactive ketones (excluding diaryl/α,β-unsaturated/α-hetero) is 1. The summed E-state index contributed by atoms with van der Waals surface area (Å²) in [5, 5.41) is 2.84. The maximum atomic E-state index is 13.7. The van der Waals surface area contributed by atoms with Gasteiger partial charge in [-0.2, -0.15) is 0 Å². The Morgan fingerprint density at radius 1 is 1.17 bits per heavy atom. The van der Waals surface area contributed by atoms with Gasteiger partial charge in [0, 0.05) is 34.8 Å². The zero-order valence-corrected chi connectivity index (χ0v) is 21.3. The van der Waals surface area contributed by atoms with Gasteiger partial charge in [-0.15, -0.1) is 0 Å². The van der Waals surface area contributed by atoms with E-state index >= 15 is 0 Å². The van der Waals surface area contributed by atoms with Gasteiger partial charge in [0.25, 0.3) is 0 Å². The van der Waals surface area contributed by atoms with Gasteiger partial charge in [-0.3, -0.25) is 18.8 Å². The standard InChI is InChI=1S/C27H27N5O3S/c1-4-36(35)19-7-5-18(6-8-19)15-23(33)31-22-10-9-20-21(30-22)11-12-27(3,25(20)34)24-26-28-13-14-32(26)16-17(2)29-24/h5-10,13-14,16H,4,11-12,15H2,1-3H3,(H,30,31,33). The second-order valence-corrected chi connectivity index (χ2v) is 11.0. The number of fused-ring (bicyclic) bond motifs is 2. The number of hydrogen-bond donors (Lipinski definition) is 1. The number of nitrogens with zero attached hydrogens (tertiary/aromatic N) is 4. The summed E-state index contributed by atoms with van der Waals surface area (Å²) in [6, 6.07) is 10.6. The zero-order chi connectivity index (χ0) is 25.4. The molecule has 184 valence electrons. The normalized spacial score (nSPS) is 18.1. The van der Waals surface area contributed by atoms with Crippen LogP contribution in [0.3, 0.4) is 0 Å². The lowest BCUT2D eigenvalue weighted by Crippen LogP contribution is -2.39. The van der Waals surface area contributed by atoms with E-state index in [2.05, 4.69) is 15.3 Å². The first-order chi connectivity index (χ1) is 17.3. The molecular formula is C27H27N5O3S. The summed E-state index contributed by atoms with van der Waals surface area (Å²) in [5.74, 6) is 0.732. The molecule has 0 saturated carbocycles. The third-order valence-corrected chi connectivity index (χ3v) is 8.00. The van der Waals surface area contributed by atoms with Crippen LogP contribution in [0.15, 0.2) is 59.9 Å². The molecule has 3 heterocycles. The predicted octanol–water partition coefficient (Wildman–Crippen LogP) is 3.83. The first kappa shape index (κ1) is 24.0. The zero-order valence-electron chi connectivity index (χ0n) is 20.4. The maximum Gasteiger partial charge on any atom is 0.229 e. The largest absolute Gasteiger partial charge is 0.310 e. The molecule has 0 saturated heterocycles. The van der Waals surface area contributed by atoms with E-state index in [4.69, 9.17) is 4.98 Å². The molecule has 0 fully saturated rings. The first-order valence-electron chi connectivity index (χ1n) is 11.9. The molecule has 1 aliphatic carbocycles. The highest BCUT2D eigenvalue weighted by Crippen LogP contribution is 2.38.